The van der Waals surface area contributed by atoms with Gasteiger partial charge in [-0.05, 0) is 49.7 Å². The van der Waals surface area contributed by atoms with Gasteiger partial charge in [-0.2, -0.15) is 0 Å². The summed E-state index contributed by atoms with van der Waals surface area (Å²) in [5.74, 6) is 0.105. The monoisotopic (exact) mass is 539 g/mol. The predicted octanol–water partition coefficient (Wildman–Crippen LogP) is 3.16. The number of benzene rings is 2. The maximum absolute atomic E-state index is 13.9. The number of anilines is 1. The van der Waals surface area contributed by atoms with Gasteiger partial charge in [0.1, 0.15) is 22.9 Å². The van der Waals surface area contributed by atoms with Crippen LogP contribution in [-0.4, -0.2) is 83.8 Å². The molecule has 2 aromatic rings. The van der Waals surface area contributed by atoms with Crippen molar-refractivity contribution in [3.8, 4) is 11.5 Å². The van der Waals surface area contributed by atoms with Crippen molar-refractivity contribution in [2.24, 2.45) is 0 Å². The molecule has 0 bridgehead atoms. The summed E-state index contributed by atoms with van der Waals surface area (Å²) in [6.45, 7) is 4.36. The van der Waals surface area contributed by atoms with Gasteiger partial charge in [0, 0.05) is 26.2 Å². The third-order valence-electron chi connectivity index (χ3n) is 5.75. The normalized spacial score (nSPS) is 13.8. The second-order valence-corrected chi connectivity index (χ2v) is 10.3. The molecular formula is C24H30ClN3O7S. The summed E-state index contributed by atoms with van der Waals surface area (Å²) in [7, 11) is -1.41. The molecule has 36 heavy (non-hydrogen) atoms. The van der Waals surface area contributed by atoms with Crippen LogP contribution < -0.4 is 13.8 Å². The van der Waals surface area contributed by atoms with Gasteiger partial charge in [-0.3, -0.25) is 9.10 Å². The molecule has 0 unspecified atom stereocenters. The van der Waals surface area contributed by atoms with Crippen molar-refractivity contribution >= 4 is 39.3 Å². The number of piperazine rings is 1. The van der Waals surface area contributed by atoms with Crippen LogP contribution in [0.2, 0.25) is 5.02 Å². The Morgan fingerprint density at radius 2 is 1.58 bits per heavy atom. The summed E-state index contributed by atoms with van der Waals surface area (Å²) in [6, 6.07) is 9.30. The maximum atomic E-state index is 13.9. The van der Waals surface area contributed by atoms with Gasteiger partial charge in [-0.1, -0.05) is 17.7 Å². The van der Waals surface area contributed by atoms with Crippen molar-refractivity contribution in [3.63, 3.8) is 0 Å². The molecule has 0 aromatic heterocycles. The number of nitrogens with zero attached hydrogens (tertiary/aromatic N) is 3. The number of hydrogen-bond acceptors (Lipinski definition) is 7. The molecule has 2 amide bonds. The van der Waals surface area contributed by atoms with Crippen LogP contribution in [0.1, 0.15) is 12.5 Å². The molecule has 0 radical (unpaired) electrons. The molecule has 1 heterocycles. The van der Waals surface area contributed by atoms with E-state index < -0.39 is 28.6 Å². The van der Waals surface area contributed by atoms with Gasteiger partial charge in [0.05, 0.1) is 31.5 Å². The SMILES string of the molecule is CCOC(=O)N1CCN(C(=O)CN(c2ccc(OC)c(Cl)c2)S(=O)(=O)c2cc(C)ccc2OC)CC1. The number of aryl methyl sites for hydroxylation is 1. The molecule has 0 aliphatic carbocycles. The van der Waals surface area contributed by atoms with Gasteiger partial charge in [-0.15, -0.1) is 0 Å². The van der Waals surface area contributed by atoms with E-state index in [1.807, 2.05) is 0 Å². The molecule has 0 saturated carbocycles. The van der Waals surface area contributed by atoms with Gasteiger partial charge in [-0.25, -0.2) is 13.2 Å². The largest absolute Gasteiger partial charge is 0.495 e. The first kappa shape index (κ1) is 27.4. The summed E-state index contributed by atoms with van der Waals surface area (Å²) in [6.07, 6.45) is -0.437. The first-order valence-electron chi connectivity index (χ1n) is 11.3. The van der Waals surface area contributed by atoms with Crippen LogP contribution in [0.3, 0.4) is 0 Å². The molecular weight excluding hydrogens is 510 g/mol. The number of ether oxygens (including phenoxy) is 3. The fourth-order valence-electron chi connectivity index (χ4n) is 3.81. The number of carbonyl (C=O) groups excluding carboxylic acids is 2. The fourth-order valence-corrected chi connectivity index (χ4v) is 5.71. The van der Waals surface area contributed by atoms with Gasteiger partial charge < -0.3 is 24.0 Å². The number of rotatable bonds is 8. The second kappa shape index (κ2) is 11.7. The highest BCUT2D eigenvalue weighted by Crippen LogP contribution is 2.34. The van der Waals surface area contributed by atoms with E-state index >= 15 is 0 Å². The highest BCUT2D eigenvalue weighted by molar-refractivity contribution is 7.93. The van der Waals surface area contributed by atoms with E-state index in [4.69, 9.17) is 25.8 Å². The van der Waals surface area contributed by atoms with Crippen molar-refractivity contribution in [3.05, 3.63) is 47.0 Å². The van der Waals surface area contributed by atoms with Crippen molar-refractivity contribution in [2.45, 2.75) is 18.7 Å². The van der Waals surface area contributed by atoms with Crippen LogP contribution in [-0.2, 0) is 19.6 Å². The maximum Gasteiger partial charge on any atom is 0.409 e. The lowest BCUT2D eigenvalue weighted by Crippen LogP contribution is -2.53. The zero-order chi connectivity index (χ0) is 26.5. The minimum Gasteiger partial charge on any atom is -0.495 e. The number of halogens is 1. The molecule has 196 valence electrons. The van der Waals surface area contributed by atoms with E-state index in [0.29, 0.717) is 11.3 Å². The molecule has 0 atom stereocenters. The van der Waals surface area contributed by atoms with Crippen molar-refractivity contribution in [1.29, 1.82) is 0 Å². The number of sulfonamides is 1. The number of hydrogen-bond donors (Lipinski definition) is 0. The van der Waals surface area contributed by atoms with Crippen molar-refractivity contribution in [2.75, 3.05) is 57.9 Å². The number of methoxy groups -OCH3 is 2. The molecule has 1 saturated heterocycles. The molecule has 3 rings (SSSR count). The summed E-state index contributed by atoms with van der Waals surface area (Å²) in [5, 5.41) is 0.196. The summed E-state index contributed by atoms with van der Waals surface area (Å²) >= 11 is 6.29. The third-order valence-corrected chi connectivity index (χ3v) is 7.84. The fraction of sp³-hybridized carbons (Fsp3) is 0.417. The van der Waals surface area contributed by atoms with Crippen molar-refractivity contribution in [1.82, 2.24) is 9.80 Å². The zero-order valence-electron chi connectivity index (χ0n) is 20.7. The molecule has 1 aliphatic rings. The minimum atomic E-state index is -4.24. The second-order valence-electron chi connectivity index (χ2n) is 8.05. The van der Waals surface area contributed by atoms with Crippen LogP contribution in [0.25, 0.3) is 0 Å². The van der Waals surface area contributed by atoms with E-state index in [1.165, 1.54) is 48.3 Å². The predicted molar refractivity (Wildman–Crippen MR) is 135 cm³/mol. The molecule has 1 aliphatic heterocycles. The lowest BCUT2D eigenvalue weighted by molar-refractivity contribution is -0.131. The molecule has 0 N–H and O–H groups in total. The van der Waals surface area contributed by atoms with Gasteiger partial charge in [0.25, 0.3) is 10.0 Å². The molecule has 10 nitrogen and oxygen atoms in total. The van der Waals surface area contributed by atoms with Crippen LogP contribution in [0.4, 0.5) is 10.5 Å². The Labute approximate surface area is 216 Å². The quantitative estimate of drug-likeness (QED) is 0.507. The highest BCUT2D eigenvalue weighted by Gasteiger charge is 2.33. The molecule has 12 heteroatoms. The van der Waals surface area contributed by atoms with Crippen molar-refractivity contribution < 1.29 is 32.2 Å². The lowest BCUT2D eigenvalue weighted by Gasteiger charge is -2.35. The van der Waals surface area contributed by atoms with E-state index in [-0.39, 0.29) is 54.1 Å². The molecule has 1 fully saturated rings. The van der Waals surface area contributed by atoms with E-state index in [2.05, 4.69) is 0 Å². The average molecular weight is 540 g/mol. The van der Waals surface area contributed by atoms with Gasteiger partial charge >= 0.3 is 6.09 Å². The summed E-state index contributed by atoms with van der Waals surface area (Å²) in [5.41, 5.74) is 0.909. The lowest BCUT2D eigenvalue weighted by atomic mass is 10.2. The molecule has 2 aromatic carbocycles. The standard InChI is InChI=1S/C24H30ClN3O7S/c1-5-35-24(30)27-12-10-26(11-13-27)23(29)16-28(18-7-9-20(33-3)19(25)15-18)36(31,32)22-14-17(2)6-8-21(22)34-4/h6-9,14-15H,5,10-13,16H2,1-4H3. The third kappa shape index (κ3) is 5.96. The van der Waals surface area contributed by atoms with Gasteiger partial charge in [0.2, 0.25) is 5.91 Å². The van der Waals surface area contributed by atoms with Crippen LogP contribution in [0.5, 0.6) is 11.5 Å². The number of carbonyl (C=O) groups is 2. The Morgan fingerprint density at radius 3 is 2.17 bits per heavy atom. The van der Waals surface area contributed by atoms with Crippen LogP contribution in [0, 0.1) is 6.92 Å². The Morgan fingerprint density at radius 1 is 0.972 bits per heavy atom. The van der Waals surface area contributed by atoms with Gasteiger partial charge in [0.15, 0.2) is 0 Å². The van der Waals surface area contributed by atoms with Crippen LogP contribution in [0.15, 0.2) is 41.3 Å². The Kier molecular flexibility index (Phi) is 8.91. The van der Waals surface area contributed by atoms with E-state index in [1.54, 1.807) is 26.0 Å². The van der Waals surface area contributed by atoms with Crippen LogP contribution >= 0.6 is 11.6 Å². The Balaban J connectivity index is 1.94. The van der Waals surface area contributed by atoms with E-state index in [0.717, 1.165) is 4.31 Å². The summed E-state index contributed by atoms with van der Waals surface area (Å²) in [4.78, 5) is 28.2. The minimum absolute atomic E-state index is 0.0723. The zero-order valence-corrected chi connectivity index (χ0v) is 22.3. The summed E-state index contributed by atoms with van der Waals surface area (Å²) < 4.78 is 44.3. The Hall–Kier alpha value is -3.18. The first-order valence-corrected chi connectivity index (χ1v) is 13.1. The first-order chi connectivity index (χ1) is 17.1. The van der Waals surface area contributed by atoms with E-state index in [9.17, 15) is 18.0 Å². The molecule has 0 spiro atoms. The smallest absolute Gasteiger partial charge is 0.409 e. The average Bonchev–Trinajstić information content (AvgIpc) is 2.87. The topological polar surface area (TPSA) is 106 Å². The highest BCUT2D eigenvalue weighted by atomic mass is 35.5. The number of amides is 2. The Bertz CT molecular complexity index is 1210.